The van der Waals surface area contributed by atoms with Gasteiger partial charge in [0.1, 0.15) is 17.5 Å². The van der Waals surface area contributed by atoms with E-state index in [9.17, 15) is 4.79 Å². The van der Waals surface area contributed by atoms with Crippen molar-refractivity contribution in [1.82, 2.24) is 4.98 Å². The fraction of sp³-hybridized carbons (Fsp3) is 0.600. The van der Waals surface area contributed by atoms with Crippen molar-refractivity contribution in [1.29, 1.82) is 0 Å². The van der Waals surface area contributed by atoms with E-state index in [0.29, 0.717) is 12.1 Å². The van der Waals surface area contributed by atoms with Crippen LogP contribution < -0.4 is 4.74 Å². The second-order valence-electron chi connectivity index (χ2n) is 5.12. The lowest BCUT2D eigenvalue weighted by molar-refractivity contribution is -0.0722. The lowest BCUT2D eigenvalue weighted by atomic mass is 10.0. The number of carbonyl (C=O) groups excluding carboxylic acids is 1. The summed E-state index contributed by atoms with van der Waals surface area (Å²) in [5.74, 6) is 0.777. The normalized spacial score (nSPS) is 27.0. The van der Waals surface area contributed by atoms with Crippen molar-refractivity contribution in [3.05, 3.63) is 24.0 Å². The van der Waals surface area contributed by atoms with Gasteiger partial charge in [-0.25, -0.2) is 4.98 Å². The van der Waals surface area contributed by atoms with Gasteiger partial charge < -0.3 is 9.47 Å². The molecule has 0 radical (unpaired) electrons. The highest BCUT2D eigenvalue weighted by Crippen LogP contribution is 2.23. The molecule has 1 aromatic rings. The summed E-state index contributed by atoms with van der Waals surface area (Å²) in [6, 6.07) is 3.55. The Labute approximate surface area is 114 Å². The summed E-state index contributed by atoms with van der Waals surface area (Å²) in [5, 5.41) is 0. The van der Waals surface area contributed by atoms with E-state index in [1.165, 1.54) is 0 Å². The lowest BCUT2D eigenvalue weighted by Gasteiger charge is -2.32. The standard InChI is InChI=1S/C15H21NO3/c1-4-15(17)14-6-5-12(9-16-14)19-13-7-10(2)18-11(3)8-13/h5-6,9-11,13H,4,7-8H2,1-3H3. The highest BCUT2D eigenvalue weighted by Gasteiger charge is 2.25. The summed E-state index contributed by atoms with van der Waals surface area (Å²) in [4.78, 5) is 15.6. The Bertz CT molecular complexity index is 420. The van der Waals surface area contributed by atoms with E-state index in [2.05, 4.69) is 18.8 Å². The van der Waals surface area contributed by atoms with Crippen LogP contribution in [0.4, 0.5) is 0 Å². The number of nitrogens with zero attached hydrogens (tertiary/aromatic N) is 1. The third-order valence-corrected chi connectivity index (χ3v) is 3.30. The minimum absolute atomic E-state index is 0.0554. The second kappa shape index (κ2) is 6.15. The van der Waals surface area contributed by atoms with E-state index in [1.807, 2.05) is 13.0 Å². The number of rotatable bonds is 4. The Hall–Kier alpha value is -1.42. The summed E-state index contributed by atoms with van der Waals surface area (Å²) in [7, 11) is 0. The molecule has 2 atom stereocenters. The Morgan fingerprint density at radius 3 is 2.58 bits per heavy atom. The molecule has 1 aliphatic heterocycles. The molecule has 4 heteroatoms. The van der Waals surface area contributed by atoms with Gasteiger partial charge in [0.2, 0.25) is 0 Å². The first-order chi connectivity index (χ1) is 9.08. The van der Waals surface area contributed by atoms with Crippen molar-refractivity contribution in [3.63, 3.8) is 0 Å². The van der Waals surface area contributed by atoms with Crippen LogP contribution in [0.25, 0.3) is 0 Å². The zero-order valence-corrected chi connectivity index (χ0v) is 11.8. The summed E-state index contributed by atoms with van der Waals surface area (Å²) >= 11 is 0. The number of Topliss-reactive ketones (excluding diaryl/α,β-unsaturated/α-hetero) is 1. The number of hydrogen-bond acceptors (Lipinski definition) is 4. The zero-order chi connectivity index (χ0) is 13.8. The lowest BCUT2D eigenvalue weighted by Crippen LogP contribution is -2.35. The van der Waals surface area contributed by atoms with Gasteiger partial charge >= 0.3 is 0 Å². The molecule has 1 aromatic heterocycles. The third-order valence-electron chi connectivity index (χ3n) is 3.30. The minimum Gasteiger partial charge on any atom is -0.489 e. The number of ether oxygens (including phenoxy) is 2. The van der Waals surface area contributed by atoms with Crippen LogP contribution in [0, 0.1) is 0 Å². The van der Waals surface area contributed by atoms with Crippen molar-refractivity contribution >= 4 is 5.78 Å². The Morgan fingerprint density at radius 1 is 1.37 bits per heavy atom. The minimum atomic E-state index is 0.0554. The molecule has 0 spiro atoms. The second-order valence-corrected chi connectivity index (χ2v) is 5.12. The van der Waals surface area contributed by atoms with E-state index < -0.39 is 0 Å². The number of carbonyl (C=O) groups is 1. The fourth-order valence-corrected chi connectivity index (χ4v) is 2.43. The van der Waals surface area contributed by atoms with E-state index in [0.717, 1.165) is 18.6 Å². The highest BCUT2D eigenvalue weighted by atomic mass is 16.5. The Balaban J connectivity index is 1.97. The molecule has 0 aliphatic carbocycles. The first-order valence-electron chi connectivity index (χ1n) is 6.89. The van der Waals surface area contributed by atoms with Crippen molar-refractivity contribution in [2.45, 2.75) is 58.3 Å². The average molecular weight is 263 g/mol. The molecule has 1 fully saturated rings. The first kappa shape index (κ1) is 14.0. The molecule has 104 valence electrons. The summed E-state index contributed by atoms with van der Waals surface area (Å²) in [5.41, 5.74) is 0.503. The Morgan fingerprint density at radius 2 is 2.05 bits per heavy atom. The average Bonchev–Trinajstić information content (AvgIpc) is 2.37. The molecule has 1 saturated heterocycles. The summed E-state index contributed by atoms with van der Waals surface area (Å²) in [6.07, 6.45) is 4.49. The van der Waals surface area contributed by atoms with E-state index in [-0.39, 0.29) is 24.1 Å². The van der Waals surface area contributed by atoms with E-state index in [4.69, 9.17) is 9.47 Å². The summed E-state index contributed by atoms with van der Waals surface area (Å²) in [6.45, 7) is 5.96. The van der Waals surface area contributed by atoms with Crippen LogP contribution in [0.2, 0.25) is 0 Å². The topological polar surface area (TPSA) is 48.4 Å². The zero-order valence-electron chi connectivity index (χ0n) is 11.8. The maximum atomic E-state index is 11.5. The SMILES string of the molecule is CCC(=O)c1ccc(OC2CC(C)OC(C)C2)cn1. The van der Waals surface area contributed by atoms with Gasteiger partial charge in [0.05, 0.1) is 18.4 Å². The van der Waals surface area contributed by atoms with Gasteiger partial charge in [0.25, 0.3) is 0 Å². The van der Waals surface area contributed by atoms with Crippen LogP contribution in [0.15, 0.2) is 18.3 Å². The highest BCUT2D eigenvalue weighted by molar-refractivity contribution is 5.93. The number of ketones is 1. The first-order valence-corrected chi connectivity index (χ1v) is 6.89. The molecule has 0 saturated carbocycles. The molecule has 0 aromatic carbocycles. The van der Waals surface area contributed by atoms with E-state index in [1.54, 1.807) is 12.3 Å². The third kappa shape index (κ3) is 3.77. The summed E-state index contributed by atoms with van der Waals surface area (Å²) < 4.78 is 11.6. The van der Waals surface area contributed by atoms with Gasteiger partial charge in [-0.2, -0.15) is 0 Å². The fourth-order valence-electron chi connectivity index (χ4n) is 2.43. The van der Waals surface area contributed by atoms with Crippen LogP contribution in [0.5, 0.6) is 5.75 Å². The molecule has 0 amide bonds. The molecule has 4 nitrogen and oxygen atoms in total. The van der Waals surface area contributed by atoms with Crippen molar-refractivity contribution in [2.24, 2.45) is 0 Å². The Kier molecular flexibility index (Phi) is 4.53. The van der Waals surface area contributed by atoms with Gasteiger partial charge in [0, 0.05) is 19.3 Å². The number of aromatic nitrogens is 1. The molecule has 0 bridgehead atoms. The van der Waals surface area contributed by atoms with Gasteiger partial charge in [-0.05, 0) is 26.0 Å². The molecule has 0 N–H and O–H groups in total. The molecule has 2 heterocycles. The van der Waals surface area contributed by atoms with Crippen molar-refractivity contribution in [2.75, 3.05) is 0 Å². The smallest absolute Gasteiger partial charge is 0.180 e. The predicted octanol–water partition coefficient (Wildman–Crippen LogP) is 3.01. The number of pyridine rings is 1. The monoisotopic (exact) mass is 263 g/mol. The molecular formula is C15H21NO3. The van der Waals surface area contributed by atoms with Gasteiger partial charge in [-0.15, -0.1) is 0 Å². The molecule has 1 aliphatic rings. The quantitative estimate of drug-likeness (QED) is 0.783. The van der Waals surface area contributed by atoms with Crippen molar-refractivity contribution in [3.8, 4) is 5.75 Å². The van der Waals surface area contributed by atoms with Crippen molar-refractivity contribution < 1.29 is 14.3 Å². The predicted molar refractivity (Wildman–Crippen MR) is 72.5 cm³/mol. The maximum Gasteiger partial charge on any atom is 0.180 e. The van der Waals surface area contributed by atoms with Gasteiger partial charge in [-0.1, -0.05) is 6.92 Å². The number of hydrogen-bond donors (Lipinski definition) is 0. The molecule has 2 rings (SSSR count). The molecule has 19 heavy (non-hydrogen) atoms. The molecular weight excluding hydrogens is 242 g/mol. The van der Waals surface area contributed by atoms with Gasteiger partial charge in [0.15, 0.2) is 5.78 Å². The van der Waals surface area contributed by atoms with Crippen LogP contribution in [0.3, 0.4) is 0 Å². The largest absolute Gasteiger partial charge is 0.489 e. The maximum absolute atomic E-state index is 11.5. The van der Waals surface area contributed by atoms with Crippen LogP contribution in [0.1, 0.15) is 50.5 Å². The van der Waals surface area contributed by atoms with E-state index >= 15 is 0 Å². The van der Waals surface area contributed by atoms with Crippen LogP contribution >= 0.6 is 0 Å². The van der Waals surface area contributed by atoms with Crippen LogP contribution in [-0.2, 0) is 4.74 Å². The van der Waals surface area contributed by atoms with Crippen LogP contribution in [-0.4, -0.2) is 29.1 Å². The van der Waals surface area contributed by atoms with Gasteiger partial charge in [-0.3, -0.25) is 4.79 Å². The molecule has 2 unspecified atom stereocenters.